The predicted octanol–water partition coefficient (Wildman–Crippen LogP) is 3.40. The van der Waals surface area contributed by atoms with Crippen LogP contribution in [0.2, 0.25) is 0 Å². The maximum absolute atomic E-state index is 9.39. The van der Waals surface area contributed by atoms with Gasteiger partial charge in [-0.2, -0.15) is 5.26 Å². The van der Waals surface area contributed by atoms with Gasteiger partial charge in [-0.15, -0.1) is 0 Å². The van der Waals surface area contributed by atoms with Crippen molar-refractivity contribution in [3.63, 3.8) is 0 Å². The first-order valence-corrected chi connectivity index (χ1v) is 7.54. The van der Waals surface area contributed by atoms with Crippen LogP contribution in [0.25, 0.3) is 16.9 Å². The second kappa shape index (κ2) is 5.33. The van der Waals surface area contributed by atoms with Gasteiger partial charge >= 0.3 is 0 Å². The third kappa shape index (κ3) is 2.20. The van der Waals surface area contributed by atoms with Crippen molar-refractivity contribution in [1.82, 2.24) is 9.38 Å². The van der Waals surface area contributed by atoms with Crippen LogP contribution in [0.5, 0.6) is 11.5 Å². The van der Waals surface area contributed by atoms with Gasteiger partial charge in [0.1, 0.15) is 18.9 Å². The third-order valence-electron chi connectivity index (χ3n) is 3.99. The topological polar surface area (TPSA) is 59.5 Å². The van der Waals surface area contributed by atoms with Gasteiger partial charge in [0, 0.05) is 11.8 Å². The van der Waals surface area contributed by atoms with Crippen molar-refractivity contribution in [3.8, 4) is 28.8 Å². The lowest BCUT2D eigenvalue weighted by molar-refractivity contribution is 0.171. The van der Waals surface area contributed by atoms with E-state index in [1.54, 1.807) is 0 Å². The Labute approximate surface area is 133 Å². The quantitative estimate of drug-likeness (QED) is 0.728. The lowest BCUT2D eigenvalue weighted by Crippen LogP contribution is -2.15. The summed E-state index contributed by atoms with van der Waals surface area (Å²) in [5, 5.41) is 9.39. The first-order valence-electron chi connectivity index (χ1n) is 7.54. The fraction of sp³-hybridized carbons (Fsp3) is 0.222. The molecular formula is C18H15N3O2. The summed E-state index contributed by atoms with van der Waals surface area (Å²) in [5.74, 6) is 1.20. The zero-order valence-corrected chi connectivity index (χ0v) is 12.7. The second-order valence-electron chi connectivity index (χ2n) is 5.48. The van der Waals surface area contributed by atoms with E-state index in [0.717, 1.165) is 34.1 Å². The molecule has 1 aliphatic heterocycles. The number of pyridine rings is 1. The lowest BCUT2D eigenvalue weighted by Gasteiger charge is -2.18. The summed E-state index contributed by atoms with van der Waals surface area (Å²) in [6, 6.07) is 13.9. The van der Waals surface area contributed by atoms with Crippen LogP contribution < -0.4 is 9.47 Å². The highest BCUT2D eigenvalue weighted by Crippen LogP contribution is 2.37. The first kappa shape index (κ1) is 13.6. The molecule has 3 heterocycles. The van der Waals surface area contributed by atoms with Gasteiger partial charge in [0.2, 0.25) is 0 Å². The number of aromatic nitrogens is 2. The Morgan fingerprint density at radius 2 is 2.00 bits per heavy atom. The number of hydrogen-bond acceptors (Lipinski definition) is 4. The highest BCUT2D eigenvalue weighted by molar-refractivity contribution is 5.70. The van der Waals surface area contributed by atoms with Crippen LogP contribution >= 0.6 is 0 Å². The molecule has 23 heavy (non-hydrogen) atoms. The minimum absolute atomic E-state index is 0.268. The number of ether oxygens (including phenoxy) is 2. The number of rotatable bonds is 2. The van der Waals surface area contributed by atoms with Gasteiger partial charge in [0.05, 0.1) is 23.4 Å². The molecule has 5 nitrogen and oxygen atoms in total. The highest BCUT2D eigenvalue weighted by Gasteiger charge is 2.21. The zero-order chi connectivity index (χ0) is 15.8. The van der Waals surface area contributed by atoms with Crippen molar-refractivity contribution >= 4 is 5.65 Å². The molecule has 0 bridgehead atoms. The van der Waals surface area contributed by atoms with E-state index in [-0.39, 0.29) is 5.92 Å². The Bertz CT molecular complexity index is 924. The minimum atomic E-state index is -0.268. The van der Waals surface area contributed by atoms with E-state index in [1.807, 2.05) is 53.9 Å². The fourth-order valence-corrected chi connectivity index (χ4v) is 2.89. The maximum atomic E-state index is 9.39. The van der Waals surface area contributed by atoms with Gasteiger partial charge in [0.15, 0.2) is 11.5 Å². The van der Waals surface area contributed by atoms with Crippen LogP contribution in [-0.2, 0) is 0 Å². The summed E-state index contributed by atoms with van der Waals surface area (Å²) in [7, 11) is 0. The first-order chi connectivity index (χ1) is 11.3. The number of nitrogens with zero attached hydrogens (tertiary/aromatic N) is 3. The summed E-state index contributed by atoms with van der Waals surface area (Å²) >= 11 is 0. The van der Waals surface area contributed by atoms with Crippen molar-refractivity contribution < 1.29 is 9.47 Å². The summed E-state index contributed by atoms with van der Waals surface area (Å²) < 4.78 is 13.2. The number of benzene rings is 1. The van der Waals surface area contributed by atoms with Gasteiger partial charge in [-0.1, -0.05) is 6.07 Å². The van der Waals surface area contributed by atoms with E-state index in [9.17, 15) is 5.26 Å². The molecule has 1 aliphatic rings. The van der Waals surface area contributed by atoms with Gasteiger partial charge in [0.25, 0.3) is 0 Å². The molecule has 0 fully saturated rings. The van der Waals surface area contributed by atoms with Crippen molar-refractivity contribution in [2.75, 3.05) is 13.2 Å². The van der Waals surface area contributed by atoms with Crippen LogP contribution in [0.4, 0.5) is 0 Å². The summed E-state index contributed by atoms with van der Waals surface area (Å²) in [6.07, 6.45) is 1.94. The van der Waals surface area contributed by atoms with Gasteiger partial charge in [-0.25, -0.2) is 4.98 Å². The molecule has 2 aromatic heterocycles. The molecule has 0 radical (unpaired) electrons. The van der Waals surface area contributed by atoms with E-state index in [1.165, 1.54) is 0 Å². The van der Waals surface area contributed by atoms with Gasteiger partial charge < -0.3 is 13.9 Å². The van der Waals surface area contributed by atoms with Crippen LogP contribution in [0.3, 0.4) is 0 Å². The maximum Gasteiger partial charge on any atom is 0.162 e. The van der Waals surface area contributed by atoms with Crippen molar-refractivity contribution in [2.24, 2.45) is 0 Å². The molecule has 0 spiro atoms. The number of imidazole rings is 1. The molecule has 3 aromatic rings. The third-order valence-corrected chi connectivity index (χ3v) is 3.99. The van der Waals surface area contributed by atoms with Crippen LogP contribution in [0, 0.1) is 11.3 Å². The van der Waals surface area contributed by atoms with Crippen molar-refractivity contribution in [2.45, 2.75) is 12.8 Å². The molecular weight excluding hydrogens is 290 g/mol. The smallest absolute Gasteiger partial charge is 0.162 e. The standard InChI is InChI=1S/C18H15N3O2/c1-12(11-19)18-17(20-16-4-2-3-7-21(16)18)13-5-6-14-15(10-13)23-9-8-22-14/h2-7,10,12H,8-9H2,1H3. The molecule has 0 aliphatic carbocycles. The highest BCUT2D eigenvalue weighted by atomic mass is 16.6. The Morgan fingerprint density at radius 1 is 1.17 bits per heavy atom. The van der Waals surface area contributed by atoms with Crippen LogP contribution in [0.15, 0.2) is 42.6 Å². The number of fused-ring (bicyclic) bond motifs is 2. The molecule has 0 saturated heterocycles. The van der Waals surface area contributed by atoms with Gasteiger partial charge in [-0.05, 0) is 37.3 Å². The monoisotopic (exact) mass is 305 g/mol. The molecule has 0 amide bonds. The largest absolute Gasteiger partial charge is 0.486 e. The van der Waals surface area contributed by atoms with E-state index in [2.05, 4.69) is 6.07 Å². The van der Waals surface area contributed by atoms with E-state index in [4.69, 9.17) is 14.5 Å². The summed E-state index contributed by atoms with van der Waals surface area (Å²) in [4.78, 5) is 4.72. The number of hydrogen-bond donors (Lipinski definition) is 0. The normalized spacial score (nSPS) is 14.4. The molecule has 0 saturated carbocycles. The molecule has 0 N–H and O–H groups in total. The molecule has 5 heteroatoms. The second-order valence-corrected chi connectivity index (χ2v) is 5.48. The predicted molar refractivity (Wildman–Crippen MR) is 85.6 cm³/mol. The van der Waals surface area contributed by atoms with E-state index < -0.39 is 0 Å². The zero-order valence-electron chi connectivity index (χ0n) is 12.7. The van der Waals surface area contributed by atoms with Gasteiger partial charge in [-0.3, -0.25) is 0 Å². The summed E-state index contributed by atoms with van der Waals surface area (Å²) in [6.45, 7) is 3.00. The molecule has 1 aromatic carbocycles. The lowest BCUT2D eigenvalue weighted by atomic mass is 10.0. The SMILES string of the molecule is CC(C#N)c1c(-c2ccc3c(c2)OCCO3)nc2ccccn12. The van der Waals surface area contributed by atoms with Crippen molar-refractivity contribution in [1.29, 1.82) is 5.26 Å². The Balaban J connectivity index is 1.93. The molecule has 1 unspecified atom stereocenters. The van der Waals surface area contributed by atoms with E-state index >= 15 is 0 Å². The van der Waals surface area contributed by atoms with E-state index in [0.29, 0.717) is 13.2 Å². The summed E-state index contributed by atoms with van der Waals surface area (Å²) in [5.41, 5.74) is 3.45. The molecule has 1 atom stereocenters. The average molecular weight is 305 g/mol. The van der Waals surface area contributed by atoms with Crippen LogP contribution in [-0.4, -0.2) is 22.6 Å². The minimum Gasteiger partial charge on any atom is -0.486 e. The fourth-order valence-electron chi connectivity index (χ4n) is 2.89. The average Bonchev–Trinajstić information content (AvgIpc) is 3.00. The molecule has 4 rings (SSSR count). The number of nitriles is 1. The Hall–Kier alpha value is -3.00. The Morgan fingerprint density at radius 3 is 2.83 bits per heavy atom. The van der Waals surface area contributed by atoms with Crippen LogP contribution in [0.1, 0.15) is 18.5 Å². The molecule has 114 valence electrons. The van der Waals surface area contributed by atoms with Crippen molar-refractivity contribution in [3.05, 3.63) is 48.3 Å². The Kier molecular flexibility index (Phi) is 3.16.